The van der Waals surface area contributed by atoms with Gasteiger partial charge in [0.2, 0.25) is 0 Å². The van der Waals surface area contributed by atoms with Crippen molar-refractivity contribution in [3.63, 3.8) is 0 Å². The largest absolute Gasteiger partial charge is 0.349 e. The van der Waals surface area contributed by atoms with E-state index in [1.54, 1.807) is 25.3 Å². The molecule has 0 aliphatic heterocycles. The summed E-state index contributed by atoms with van der Waals surface area (Å²) < 4.78 is 15.2. The molecule has 0 radical (unpaired) electrons. The van der Waals surface area contributed by atoms with Crippen molar-refractivity contribution in [2.24, 2.45) is 0 Å². The fourth-order valence-electron chi connectivity index (χ4n) is 2.65. The molecule has 2 aromatic heterocycles. The Bertz CT molecular complexity index is 856. The third-order valence-electron chi connectivity index (χ3n) is 3.87. The van der Waals surface area contributed by atoms with E-state index >= 15 is 0 Å². The molecule has 5 nitrogen and oxygen atoms in total. The smallest absolute Gasteiger partial charge is 0.252 e. The van der Waals surface area contributed by atoms with Gasteiger partial charge in [0.1, 0.15) is 5.82 Å². The van der Waals surface area contributed by atoms with E-state index in [9.17, 15) is 9.18 Å². The van der Waals surface area contributed by atoms with Crippen molar-refractivity contribution in [2.45, 2.75) is 32.9 Å². The Morgan fingerprint density at radius 2 is 2.21 bits per heavy atom. The van der Waals surface area contributed by atoms with Crippen LogP contribution in [0.15, 0.2) is 42.7 Å². The Labute approximate surface area is 139 Å². The summed E-state index contributed by atoms with van der Waals surface area (Å²) in [6.45, 7) is 4.48. The molecular formula is C18H19FN4O. The number of aryl methyl sites for hydroxylation is 2. The summed E-state index contributed by atoms with van der Waals surface area (Å²) in [4.78, 5) is 16.9. The van der Waals surface area contributed by atoms with Crippen molar-refractivity contribution >= 4 is 16.8 Å². The third-order valence-corrected chi connectivity index (χ3v) is 3.87. The van der Waals surface area contributed by atoms with Crippen LogP contribution in [0.3, 0.4) is 0 Å². The summed E-state index contributed by atoms with van der Waals surface area (Å²) >= 11 is 0. The van der Waals surface area contributed by atoms with E-state index in [0.29, 0.717) is 22.2 Å². The van der Waals surface area contributed by atoms with Gasteiger partial charge in [-0.05, 0) is 44.5 Å². The summed E-state index contributed by atoms with van der Waals surface area (Å²) in [5.74, 6) is -0.537. The highest BCUT2D eigenvalue weighted by Gasteiger charge is 2.15. The lowest BCUT2D eigenvalue weighted by Gasteiger charge is -2.15. The molecule has 3 rings (SSSR count). The number of rotatable bonds is 5. The molecule has 0 fully saturated rings. The van der Waals surface area contributed by atoms with Gasteiger partial charge >= 0.3 is 0 Å². The van der Waals surface area contributed by atoms with Crippen LogP contribution in [0.2, 0.25) is 0 Å². The molecular weight excluding hydrogens is 307 g/mol. The van der Waals surface area contributed by atoms with Gasteiger partial charge in [0, 0.05) is 42.1 Å². The summed E-state index contributed by atoms with van der Waals surface area (Å²) in [7, 11) is 0. The predicted molar refractivity (Wildman–Crippen MR) is 90.2 cm³/mol. The van der Waals surface area contributed by atoms with Crippen LogP contribution in [0, 0.1) is 12.7 Å². The normalized spacial score (nSPS) is 12.3. The molecule has 1 aromatic carbocycles. The van der Waals surface area contributed by atoms with Crippen molar-refractivity contribution < 1.29 is 9.18 Å². The summed E-state index contributed by atoms with van der Waals surface area (Å²) in [5.41, 5.74) is 1.69. The lowest BCUT2D eigenvalue weighted by atomic mass is 10.1. The number of aromatic nitrogens is 3. The minimum Gasteiger partial charge on any atom is -0.349 e. The highest BCUT2D eigenvalue weighted by molar-refractivity contribution is 6.06. The van der Waals surface area contributed by atoms with E-state index in [1.807, 2.05) is 23.9 Å². The molecule has 0 bridgehead atoms. The standard InChI is InChI=1S/C18H19FN4O/c1-12(6-9-23-8-3-7-20-23)22-18(24)16-10-13(2)21-17-11-14(19)4-5-15(16)17/h3-5,7-8,10-12H,6,9H2,1-2H3,(H,22,24)/t12-/m1/s1. The third kappa shape index (κ3) is 3.59. The number of halogens is 1. The number of nitrogens with one attached hydrogen (secondary N) is 1. The van der Waals surface area contributed by atoms with Crippen molar-refractivity contribution in [1.82, 2.24) is 20.1 Å². The Hall–Kier alpha value is -2.76. The van der Waals surface area contributed by atoms with Gasteiger partial charge in [0.25, 0.3) is 5.91 Å². The monoisotopic (exact) mass is 326 g/mol. The molecule has 1 atom stereocenters. The number of amides is 1. The highest BCUT2D eigenvalue weighted by atomic mass is 19.1. The van der Waals surface area contributed by atoms with Gasteiger partial charge in [0.05, 0.1) is 11.1 Å². The molecule has 1 N–H and O–H groups in total. The first-order valence-corrected chi connectivity index (χ1v) is 7.88. The molecule has 0 saturated carbocycles. The zero-order valence-corrected chi connectivity index (χ0v) is 13.7. The summed E-state index contributed by atoms with van der Waals surface area (Å²) in [5, 5.41) is 7.79. The number of nitrogens with zero attached hydrogens (tertiary/aromatic N) is 3. The quantitative estimate of drug-likeness (QED) is 0.784. The zero-order chi connectivity index (χ0) is 17.1. The van der Waals surface area contributed by atoms with Crippen LogP contribution in [0.1, 0.15) is 29.4 Å². The SMILES string of the molecule is Cc1cc(C(=O)N[C@H](C)CCn2cccn2)c2ccc(F)cc2n1. The Morgan fingerprint density at radius 3 is 2.96 bits per heavy atom. The molecule has 124 valence electrons. The molecule has 1 amide bonds. The number of fused-ring (bicyclic) bond motifs is 1. The number of hydrogen-bond donors (Lipinski definition) is 1. The molecule has 0 unspecified atom stereocenters. The maximum atomic E-state index is 13.4. The maximum absolute atomic E-state index is 13.4. The van der Waals surface area contributed by atoms with E-state index in [4.69, 9.17) is 0 Å². The Balaban J connectivity index is 1.75. The number of benzene rings is 1. The van der Waals surface area contributed by atoms with Gasteiger partial charge in [0.15, 0.2) is 0 Å². The Kier molecular flexibility index (Phi) is 4.55. The van der Waals surface area contributed by atoms with Gasteiger partial charge in [-0.25, -0.2) is 4.39 Å². The average molecular weight is 326 g/mol. The van der Waals surface area contributed by atoms with Gasteiger partial charge in [-0.15, -0.1) is 0 Å². The first kappa shape index (κ1) is 16.1. The van der Waals surface area contributed by atoms with Crippen molar-refractivity contribution in [3.05, 3.63) is 59.8 Å². The van der Waals surface area contributed by atoms with Crippen molar-refractivity contribution in [1.29, 1.82) is 0 Å². The molecule has 24 heavy (non-hydrogen) atoms. The fraction of sp³-hybridized carbons (Fsp3) is 0.278. The maximum Gasteiger partial charge on any atom is 0.252 e. The molecule has 0 saturated heterocycles. The predicted octanol–water partition coefficient (Wildman–Crippen LogP) is 3.09. The molecule has 0 aliphatic carbocycles. The molecule has 2 heterocycles. The van der Waals surface area contributed by atoms with Gasteiger partial charge in [-0.1, -0.05) is 0 Å². The van der Waals surface area contributed by atoms with Gasteiger partial charge < -0.3 is 5.32 Å². The van der Waals surface area contributed by atoms with E-state index in [0.717, 1.165) is 13.0 Å². The van der Waals surface area contributed by atoms with Crippen LogP contribution >= 0.6 is 0 Å². The molecule has 0 aliphatic rings. The Morgan fingerprint density at radius 1 is 1.38 bits per heavy atom. The summed E-state index contributed by atoms with van der Waals surface area (Å²) in [6.07, 6.45) is 4.39. The zero-order valence-electron chi connectivity index (χ0n) is 13.7. The van der Waals surface area contributed by atoms with Crippen LogP contribution in [0.25, 0.3) is 10.9 Å². The summed E-state index contributed by atoms with van der Waals surface area (Å²) in [6, 6.07) is 7.88. The lowest BCUT2D eigenvalue weighted by molar-refractivity contribution is 0.0939. The lowest BCUT2D eigenvalue weighted by Crippen LogP contribution is -2.33. The first-order valence-electron chi connectivity index (χ1n) is 7.88. The molecule has 3 aromatic rings. The number of carbonyl (C=O) groups is 1. The van der Waals surface area contributed by atoms with E-state index in [2.05, 4.69) is 15.4 Å². The van der Waals surface area contributed by atoms with Crippen molar-refractivity contribution in [2.75, 3.05) is 0 Å². The van der Waals surface area contributed by atoms with E-state index < -0.39 is 0 Å². The highest BCUT2D eigenvalue weighted by Crippen LogP contribution is 2.19. The molecule has 6 heteroatoms. The minimum absolute atomic E-state index is 0.00864. The first-order chi connectivity index (χ1) is 11.5. The van der Waals surface area contributed by atoms with Crippen LogP contribution in [-0.2, 0) is 6.54 Å². The van der Waals surface area contributed by atoms with Crippen LogP contribution in [0.4, 0.5) is 4.39 Å². The topological polar surface area (TPSA) is 59.8 Å². The second-order valence-electron chi connectivity index (χ2n) is 5.90. The number of carbonyl (C=O) groups excluding carboxylic acids is 1. The van der Waals surface area contributed by atoms with E-state index in [-0.39, 0.29) is 17.8 Å². The number of pyridine rings is 1. The van der Waals surface area contributed by atoms with Gasteiger partial charge in [-0.3, -0.25) is 14.5 Å². The van der Waals surface area contributed by atoms with Crippen molar-refractivity contribution in [3.8, 4) is 0 Å². The second kappa shape index (κ2) is 6.78. The van der Waals surface area contributed by atoms with E-state index in [1.165, 1.54) is 12.1 Å². The second-order valence-corrected chi connectivity index (χ2v) is 5.90. The van der Waals surface area contributed by atoms with Crippen LogP contribution in [0.5, 0.6) is 0 Å². The fourth-order valence-corrected chi connectivity index (χ4v) is 2.65. The minimum atomic E-state index is -0.362. The molecule has 0 spiro atoms. The van der Waals surface area contributed by atoms with Crippen LogP contribution < -0.4 is 5.32 Å². The van der Waals surface area contributed by atoms with Gasteiger partial charge in [-0.2, -0.15) is 5.10 Å². The number of hydrogen-bond acceptors (Lipinski definition) is 3. The van der Waals surface area contributed by atoms with Crippen LogP contribution in [-0.4, -0.2) is 26.7 Å². The average Bonchev–Trinajstić information content (AvgIpc) is 3.05.